The lowest BCUT2D eigenvalue weighted by Crippen LogP contribution is -2.47. The molecule has 0 amide bonds. The molecular formula is C39H39NO8. The van der Waals surface area contributed by atoms with Gasteiger partial charge in [0.1, 0.15) is 5.60 Å². The molecule has 0 aliphatic heterocycles. The topological polar surface area (TPSA) is 122 Å². The highest BCUT2D eigenvalue weighted by Gasteiger charge is 2.98. The summed E-state index contributed by atoms with van der Waals surface area (Å²) in [5.41, 5.74) is -1.92. The Morgan fingerprint density at radius 3 is 2.10 bits per heavy atom. The van der Waals surface area contributed by atoms with Crippen molar-refractivity contribution in [2.75, 3.05) is 13.2 Å². The molecule has 5 atom stereocenters. The third-order valence-electron chi connectivity index (χ3n) is 11.5. The molecule has 248 valence electrons. The molecule has 1 unspecified atom stereocenters. The van der Waals surface area contributed by atoms with Crippen LogP contribution < -0.4 is 0 Å². The number of hydrogen-bond donors (Lipinski definition) is 0. The summed E-state index contributed by atoms with van der Waals surface area (Å²) in [6.45, 7) is 3.62. The number of fused-ring (bicyclic) bond motifs is 3. The molecule has 0 bridgehead atoms. The number of rotatable bonds is 12. The predicted octanol–water partition coefficient (Wildman–Crippen LogP) is 6.93. The molecular weight excluding hydrogens is 610 g/mol. The van der Waals surface area contributed by atoms with Crippen LogP contribution in [0.5, 0.6) is 0 Å². The number of nitro groups is 1. The zero-order chi connectivity index (χ0) is 33.8. The molecule has 3 aromatic rings. The maximum atomic E-state index is 14.1. The van der Waals surface area contributed by atoms with Crippen LogP contribution in [0.2, 0.25) is 0 Å². The molecule has 9 nitrogen and oxygen atoms in total. The first-order valence-corrected chi connectivity index (χ1v) is 16.7. The van der Waals surface area contributed by atoms with Crippen molar-refractivity contribution in [3.05, 3.63) is 124 Å². The highest BCUT2D eigenvalue weighted by molar-refractivity contribution is 6.01. The van der Waals surface area contributed by atoms with E-state index in [4.69, 9.17) is 14.2 Å². The molecule has 0 heterocycles. The molecule has 0 aromatic heterocycles. The van der Waals surface area contributed by atoms with Crippen molar-refractivity contribution < 1.29 is 33.5 Å². The van der Waals surface area contributed by atoms with Gasteiger partial charge in [-0.3, -0.25) is 19.7 Å². The number of non-ortho nitro benzene ring substituents is 1. The molecule has 3 fully saturated rings. The van der Waals surface area contributed by atoms with Crippen LogP contribution in [0, 0.1) is 32.3 Å². The van der Waals surface area contributed by atoms with Crippen molar-refractivity contribution >= 4 is 23.6 Å². The fraction of sp³-hybridized carbons (Fsp3) is 0.410. The predicted molar refractivity (Wildman–Crippen MR) is 176 cm³/mol. The van der Waals surface area contributed by atoms with Gasteiger partial charge in [0.25, 0.3) is 5.69 Å². The minimum atomic E-state index is -1.66. The number of esters is 3. The molecule has 1 spiro atoms. The third kappa shape index (κ3) is 4.46. The van der Waals surface area contributed by atoms with Crippen LogP contribution in [0.1, 0.15) is 67.4 Å². The van der Waals surface area contributed by atoms with Crippen LogP contribution in [0.15, 0.2) is 97.1 Å². The average molecular weight is 650 g/mol. The molecule has 4 aliphatic carbocycles. The number of allylic oxidation sites excluding steroid dienone is 2. The fourth-order valence-corrected chi connectivity index (χ4v) is 9.86. The van der Waals surface area contributed by atoms with Gasteiger partial charge in [0.15, 0.2) is 5.41 Å². The summed E-state index contributed by atoms with van der Waals surface area (Å²) in [4.78, 5) is 53.0. The largest absolute Gasteiger partial charge is 0.465 e. The summed E-state index contributed by atoms with van der Waals surface area (Å²) in [6, 6.07) is 25.1. The quantitative estimate of drug-likeness (QED) is 0.0517. The molecule has 9 heteroatoms. The van der Waals surface area contributed by atoms with Crippen LogP contribution in [-0.4, -0.2) is 41.6 Å². The van der Waals surface area contributed by atoms with Gasteiger partial charge in [-0.1, -0.05) is 72.8 Å². The summed E-state index contributed by atoms with van der Waals surface area (Å²) in [5.74, 6) is -1.94. The molecule has 0 N–H and O–H groups in total. The number of benzene rings is 3. The maximum Gasteiger partial charge on any atom is 0.338 e. The molecule has 0 radical (unpaired) electrons. The first kappa shape index (κ1) is 31.8. The summed E-state index contributed by atoms with van der Waals surface area (Å²) in [7, 11) is 0. The smallest absolute Gasteiger partial charge is 0.338 e. The van der Waals surface area contributed by atoms with Crippen LogP contribution in [0.4, 0.5) is 5.69 Å². The number of ether oxygens (including phenoxy) is 3. The van der Waals surface area contributed by atoms with Crippen molar-refractivity contribution in [3.8, 4) is 0 Å². The lowest BCUT2D eigenvalue weighted by atomic mass is 9.67. The van der Waals surface area contributed by atoms with E-state index in [1.807, 2.05) is 48.5 Å². The molecule has 0 saturated heterocycles. The van der Waals surface area contributed by atoms with Gasteiger partial charge in [-0.25, -0.2) is 4.79 Å². The van der Waals surface area contributed by atoms with Gasteiger partial charge < -0.3 is 14.2 Å². The van der Waals surface area contributed by atoms with Gasteiger partial charge in [-0.15, -0.1) is 0 Å². The molecule has 7 rings (SSSR count). The monoisotopic (exact) mass is 649 g/mol. The Kier molecular flexibility index (Phi) is 7.57. The highest BCUT2D eigenvalue weighted by atomic mass is 16.6. The lowest BCUT2D eigenvalue weighted by molar-refractivity contribution is -0.384. The lowest BCUT2D eigenvalue weighted by Gasteiger charge is -2.37. The van der Waals surface area contributed by atoms with Crippen LogP contribution in [0.25, 0.3) is 0 Å². The minimum absolute atomic E-state index is 0.0838. The van der Waals surface area contributed by atoms with Gasteiger partial charge in [0, 0.05) is 28.9 Å². The zero-order valence-electron chi connectivity index (χ0n) is 27.2. The summed E-state index contributed by atoms with van der Waals surface area (Å²) < 4.78 is 18.0. The molecule has 3 saturated carbocycles. The minimum Gasteiger partial charge on any atom is -0.465 e. The molecule has 48 heavy (non-hydrogen) atoms. The second-order valence-corrected chi connectivity index (χ2v) is 13.8. The summed E-state index contributed by atoms with van der Waals surface area (Å²) in [5, 5.41) is 11.3. The number of nitro benzene ring substituents is 1. The van der Waals surface area contributed by atoms with Crippen molar-refractivity contribution in [2.24, 2.45) is 22.2 Å². The van der Waals surface area contributed by atoms with E-state index in [1.165, 1.54) is 24.3 Å². The van der Waals surface area contributed by atoms with Gasteiger partial charge in [0.05, 0.1) is 23.7 Å². The van der Waals surface area contributed by atoms with Crippen LogP contribution in [0.3, 0.4) is 0 Å². The number of nitrogens with zero attached hydrogens (tertiary/aromatic N) is 1. The van der Waals surface area contributed by atoms with Gasteiger partial charge in [-0.2, -0.15) is 0 Å². The standard InChI is InChI=1S/C39H39NO8/c1-3-46-33(42)36(34(43)47-4-2,23-27-13-7-5-8-14-27)24-35-25-37-21-11-12-22-38(37,29-15-9-6-10-16-29)32(37)39(35,26-35)48-31(41)28-17-19-30(20-18-28)40(44)45/h5-10,12-20,22,32H,3-4,11,21,23-26H2,1-2H3/t32-,35-,37?,38-,39+/m0/s1. The Morgan fingerprint density at radius 1 is 0.875 bits per heavy atom. The SMILES string of the molecule is CCOC(=O)C(Cc1ccccc1)(C[C@@]12CC34CCC=C[C@]3(c3ccccc3)[C@H]4[C@]1(OC(=O)c1ccc([N+](=O)[O-])cc1)C2)C(=O)OCC. The second-order valence-electron chi connectivity index (χ2n) is 13.8. The Hall–Kier alpha value is -4.79. The normalized spacial score (nSPS) is 29.1. The van der Waals surface area contributed by atoms with Crippen LogP contribution in [-0.2, 0) is 35.6 Å². The van der Waals surface area contributed by atoms with E-state index in [1.54, 1.807) is 13.8 Å². The first-order chi connectivity index (χ1) is 23.1. The van der Waals surface area contributed by atoms with E-state index in [0.29, 0.717) is 12.8 Å². The van der Waals surface area contributed by atoms with E-state index < -0.39 is 39.3 Å². The molecule has 3 aromatic carbocycles. The van der Waals surface area contributed by atoms with Gasteiger partial charge in [-0.05, 0) is 81.0 Å². The highest BCUT2D eigenvalue weighted by Crippen LogP contribution is 2.95. The third-order valence-corrected chi connectivity index (χ3v) is 11.5. The van der Waals surface area contributed by atoms with E-state index >= 15 is 0 Å². The van der Waals surface area contributed by atoms with E-state index in [9.17, 15) is 24.5 Å². The first-order valence-electron chi connectivity index (χ1n) is 16.7. The summed E-state index contributed by atoms with van der Waals surface area (Å²) in [6.07, 6.45) is 7.58. The van der Waals surface area contributed by atoms with Crippen molar-refractivity contribution in [1.29, 1.82) is 0 Å². The fourth-order valence-electron chi connectivity index (χ4n) is 9.86. The number of hydrogen-bond acceptors (Lipinski definition) is 8. The number of carbonyl (C=O) groups excluding carboxylic acids is 3. The second kappa shape index (κ2) is 11.4. The molecule has 4 aliphatic rings. The van der Waals surface area contributed by atoms with Crippen molar-refractivity contribution in [1.82, 2.24) is 0 Å². The average Bonchev–Trinajstić information content (AvgIpc) is 3.90. The summed E-state index contributed by atoms with van der Waals surface area (Å²) >= 11 is 0. The van der Waals surface area contributed by atoms with E-state index in [-0.39, 0.29) is 54.1 Å². The van der Waals surface area contributed by atoms with Gasteiger partial charge in [0.2, 0.25) is 0 Å². The van der Waals surface area contributed by atoms with E-state index in [0.717, 1.165) is 24.0 Å². The Balaban J connectivity index is 1.34. The zero-order valence-corrected chi connectivity index (χ0v) is 27.2. The van der Waals surface area contributed by atoms with Crippen LogP contribution >= 0.6 is 0 Å². The van der Waals surface area contributed by atoms with Gasteiger partial charge >= 0.3 is 17.9 Å². The Morgan fingerprint density at radius 2 is 1.50 bits per heavy atom. The Bertz CT molecular complexity index is 1770. The maximum absolute atomic E-state index is 14.1. The Labute approximate surface area is 279 Å². The number of carbonyl (C=O) groups is 3. The van der Waals surface area contributed by atoms with E-state index in [2.05, 4.69) is 24.3 Å². The van der Waals surface area contributed by atoms with Crippen molar-refractivity contribution in [2.45, 2.75) is 63.4 Å². The van der Waals surface area contributed by atoms with Crippen molar-refractivity contribution in [3.63, 3.8) is 0 Å².